The summed E-state index contributed by atoms with van der Waals surface area (Å²) in [6.45, 7) is 5.08. The van der Waals surface area contributed by atoms with E-state index in [1.807, 2.05) is 0 Å². The van der Waals surface area contributed by atoms with Crippen LogP contribution < -0.4 is 4.72 Å². The van der Waals surface area contributed by atoms with Gasteiger partial charge in [0.15, 0.2) is 0 Å². The number of hydrogen-bond donors (Lipinski definition) is 1. The van der Waals surface area contributed by atoms with Crippen molar-refractivity contribution in [3.05, 3.63) is 63.6 Å². The Hall–Kier alpha value is -1.84. The zero-order valence-electron chi connectivity index (χ0n) is 15.7. The second-order valence-corrected chi connectivity index (χ2v) is 9.10. The Morgan fingerprint density at radius 2 is 1.79 bits per heavy atom. The van der Waals surface area contributed by atoms with E-state index in [4.69, 9.17) is 0 Å². The molecule has 0 fully saturated rings. The van der Waals surface area contributed by atoms with E-state index in [0.717, 1.165) is 18.2 Å². The first-order valence-corrected chi connectivity index (χ1v) is 10.9. The summed E-state index contributed by atoms with van der Waals surface area (Å²) in [7, 11) is -3.89. The minimum atomic E-state index is -3.89. The van der Waals surface area contributed by atoms with Crippen molar-refractivity contribution in [1.82, 2.24) is 9.62 Å². The van der Waals surface area contributed by atoms with Gasteiger partial charge in [-0.05, 0) is 57.2 Å². The van der Waals surface area contributed by atoms with E-state index in [2.05, 4.69) is 20.7 Å². The van der Waals surface area contributed by atoms with Crippen molar-refractivity contribution < 1.29 is 22.0 Å². The number of nitrogens with zero attached hydrogens (tertiary/aromatic N) is 1. The van der Waals surface area contributed by atoms with Crippen molar-refractivity contribution in [1.29, 1.82) is 0 Å². The van der Waals surface area contributed by atoms with E-state index < -0.39 is 27.6 Å². The SMILES string of the molecule is CCN(Cc1cc(Br)ccc1F)C(=O)c1cc(S(=O)(=O)NC(C)C)ccc1F. The summed E-state index contributed by atoms with van der Waals surface area (Å²) in [6.07, 6.45) is 0. The molecule has 0 atom stereocenters. The van der Waals surface area contributed by atoms with Crippen LogP contribution in [-0.2, 0) is 16.6 Å². The van der Waals surface area contributed by atoms with Gasteiger partial charge in [0.25, 0.3) is 5.91 Å². The Labute approximate surface area is 171 Å². The van der Waals surface area contributed by atoms with Crippen molar-refractivity contribution in [2.45, 2.75) is 38.3 Å². The lowest BCUT2D eigenvalue weighted by Crippen LogP contribution is -2.33. The van der Waals surface area contributed by atoms with Crippen LogP contribution in [-0.4, -0.2) is 31.8 Å². The van der Waals surface area contributed by atoms with Gasteiger partial charge in [-0.2, -0.15) is 0 Å². The molecule has 2 aromatic carbocycles. The molecular weight excluding hydrogens is 454 g/mol. The summed E-state index contributed by atoms with van der Waals surface area (Å²) in [5, 5.41) is 0. The lowest BCUT2D eigenvalue weighted by molar-refractivity contribution is 0.0746. The van der Waals surface area contributed by atoms with Gasteiger partial charge in [0, 0.05) is 29.2 Å². The molecule has 0 radical (unpaired) electrons. The highest BCUT2D eigenvalue weighted by atomic mass is 79.9. The van der Waals surface area contributed by atoms with Gasteiger partial charge in [-0.3, -0.25) is 4.79 Å². The van der Waals surface area contributed by atoms with E-state index >= 15 is 0 Å². The minimum Gasteiger partial charge on any atom is -0.334 e. The van der Waals surface area contributed by atoms with Gasteiger partial charge in [-0.1, -0.05) is 15.9 Å². The van der Waals surface area contributed by atoms with Crippen LogP contribution in [0.3, 0.4) is 0 Å². The molecule has 5 nitrogen and oxygen atoms in total. The van der Waals surface area contributed by atoms with E-state index in [9.17, 15) is 22.0 Å². The zero-order valence-corrected chi connectivity index (χ0v) is 18.1. The average Bonchev–Trinajstić information content (AvgIpc) is 2.61. The van der Waals surface area contributed by atoms with Crippen LogP contribution in [0.15, 0.2) is 45.8 Å². The summed E-state index contributed by atoms with van der Waals surface area (Å²) in [5.41, 5.74) is -0.126. The van der Waals surface area contributed by atoms with Gasteiger partial charge in [0.2, 0.25) is 10.0 Å². The average molecular weight is 475 g/mol. The number of rotatable bonds is 7. The van der Waals surface area contributed by atoms with Crippen molar-refractivity contribution in [3.63, 3.8) is 0 Å². The Balaban J connectivity index is 2.38. The molecule has 0 aliphatic heterocycles. The molecule has 0 aliphatic carbocycles. The van der Waals surface area contributed by atoms with Gasteiger partial charge in [0.1, 0.15) is 11.6 Å². The molecular formula is C19H21BrF2N2O3S. The number of halogens is 3. The molecule has 0 unspecified atom stereocenters. The molecule has 0 heterocycles. The Bertz CT molecular complexity index is 981. The first-order chi connectivity index (χ1) is 13.0. The highest BCUT2D eigenvalue weighted by molar-refractivity contribution is 9.10. The smallest absolute Gasteiger partial charge is 0.257 e. The Morgan fingerprint density at radius 1 is 1.14 bits per heavy atom. The second kappa shape index (κ2) is 9.11. The molecule has 0 saturated carbocycles. The molecule has 1 N–H and O–H groups in total. The standard InChI is InChI=1S/C19H21BrF2N2O3S/c1-4-24(11-13-9-14(20)5-7-17(13)21)19(25)16-10-15(6-8-18(16)22)28(26,27)23-12(2)3/h5-10,12,23H,4,11H2,1-3H3. The second-order valence-electron chi connectivity index (χ2n) is 6.47. The monoisotopic (exact) mass is 474 g/mol. The molecule has 2 rings (SSSR count). The molecule has 0 aromatic heterocycles. The Morgan fingerprint density at radius 3 is 2.39 bits per heavy atom. The first kappa shape index (κ1) is 22.4. The normalized spacial score (nSPS) is 11.7. The third-order valence-corrected chi connectivity index (χ3v) is 6.06. The van der Waals surface area contributed by atoms with Crippen molar-refractivity contribution in [2.24, 2.45) is 0 Å². The third-order valence-electron chi connectivity index (χ3n) is 3.91. The molecule has 0 spiro atoms. The molecule has 1 amide bonds. The number of sulfonamides is 1. The van der Waals surface area contributed by atoms with Gasteiger partial charge >= 0.3 is 0 Å². The maximum atomic E-state index is 14.3. The van der Waals surface area contributed by atoms with Crippen LogP contribution in [0.1, 0.15) is 36.7 Å². The summed E-state index contributed by atoms with van der Waals surface area (Å²) in [6, 6.07) is 7.02. The minimum absolute atomic E-state index is 0.0821. The van der Waals surface area contributed by atoms with Gasteiger partial charge in [-0.15, -0.1) is 0 Å². The molecule has 152 valence electrons. The topological polar surface area (TPSA) is 66.5 Å². The van der Waals surface area contributed by atoms with Crippen LogP contribution in [0.5, 0.6) is 0 Å². The van der Waals surface area contributed by atoms with Crippen molar-refractivity contribution in [2.75, 3.05) is 6.54 Å². The molecule has 0 aliphatic rings. The largest absolute Gasteiger partial charge is 0.334 e. The number of amides is 1. The van der Waals surface area contributed by atoms with Crippen LogP contribution in [0.2, 0.25) is 0 Å². The van der Waals surface area contributed by atoms with E-state index in [0.29, 0.717) is 4.47 Å². The lowest BCUT2D eigenvalue weighted by Gasteiger charge is -2.22. The van der Waals surface area contributed by atoms with E-state index in [-0.39, 0.29) is 35.2 Å². The fourth-order valence-electron chi connectivity index (χ4n) is 2.58. The predicted octanol–water partition coefficient (Wildman–Crippen LogP) is 4.08. The van der Waals surface area contributed by atoms with E-state index in [1.165, 1.54) is 23.1 Å². The number of carbonyl (C=O) groups is 1. The number of benzene rings is 2. The molecule has 2 aromatic rings. The molecule has 0 saturated heterocycles. The quantitative estimate of drug-likeness (QED) is 0.657. The Kier molecular flexibility index (Phi) is 7.30. The number of nitrogens with one attached hydrogen (secondary N) is 1. The first-order valence-electron chi connectivity index (χ1n) is 8.60. The highest BCUT2D eigenvalue weighted by Crippen LogP contribution is 2.21. The van der Waals surface area contributed by atoms with Gasteiger partial charge in [-0.25, -0.2) is 21.9 Å². The van der Waals surface area contributed by atoms with Crippen molar-refractivity contribution >= 4 is 31.9 Å². The maximum absolute atomic E-state index is 14.3. The molecule has 28 heavy (non-hydrogen) atoms. The third kappa shape index (κ3) is 5.36. The van der Waals surface area contributed by atoms with Crippen LogP contribution >= 0.6 is 15.9 Å². The van der Waals surface area contributed by atoms with Crippen LogP contribution in [0, 0.1) is 11.6 Å². The summed E-state index contributed by atoms with van der Waals surface area (Å²) < 4.78 is 56.0. The maximum Gasteiger partial charge on any atom is 0.257 e. The van der Waals surface area contributed by atoms with Crippen LogP contribution in [0.4, 0.5) is 8.78 Å². The summed E-state index contributed by atoms with van der Waals surface area (Å²) >= 11 is 3.25. The van der Waals surface area contributed by atoms with Crippen LogP contribution in [0.25, 0.3) is 0 Å². The highest BCUT2D eigenvalue weighted by Gasteiger charge is 2.23. The molecule has 0 bridgehead atoms. The lowest BCUT2D eigenvalue weighted by atomic mass is 10.1. The summed E-state index contributed by atoms with van der Waals surface area (Å²) in [4.78, 5) is 13.9. The van der Waals surface area contributed by atoms with E-state index in [1.54, 1.807) is 20.8 Å². The fraction of sp³-hybridized carbons (Fsp3) is 0.316. The van der Waals surface area contributed by atoms with Crippen molar-refractivity contribution in [3.8, 4) is 0 Å². The summed E-state index contributed by atoms with van der Waals surface area (Å²) in [5.74, 6) is -2.06. The fourth-order valence-corrected chi connectivity index (χ4v) is 4.27. The number of carbonyl (C=O) groups excluding carboxylic acids is 1. The van der Waals surface area contributed by atoms with Gasteiger partial charge < -0.3 is 4.90 Å². The number of hydrogen-bond acceptors (Lipinski definition) is 3. The van der Waals surface area contributed by atoms with Gasteiger partial charge in [0.05, 0.1) is 10.5 Å². The predicted molar refractivity (Wildman–Crippen MR) is 106 cm³/mol. The molecule has 9 heteroatoms. The zero-order chi connectivity index (χ0) is 21.1.